The van der Waals surface area contributed by atoms with Crippen LogP contribution in [0, 0.1) is 11.3 Å². The smallest absolute Gasteiger partial charge is 0.222 e. The van der Waals surface area contributed by atoms with Crippen LogP contribution in [0.2, 0.25) is 0 Å². The Morgan fingerprint density at radius 2 is 2.00 bits per heavy atom. The van der Waals surface area contributed by atoms with E-state index < -0.39 is 0 Å². The molecular weight excluding hydrogens is 300 g/mol. The summed E-state index contributed by atoms with van der Waals surface area (Å²) in [7, 11) is 0. The molecule has 1 aromatic carbocycles. The van der Waals surface area contributed by atoms with Crippen molar-refractivity contribution in [2.45, 2.75) is 52.5 Å². The normalized spacial score (nSPS) is 20.2. The minimum Gasteiger partial charge on any atom is -0.343 e. The molecule has 1 heterocycles. The number of carbonyl (C=O) groups is 1. The number of hydrogen-bond donors (Lipinski definition) is 0. The van der Waals surface area contributed by atoms with Crippen LogP contribution in [0.5, 0.6) is 0 Å². The number of hydrogen-bond acceptors (Lipinski definition) is 2. The summed E-state index contributed by atoms with van der Waals surface area (Å²) < 4.78 is 0. The zero-order valence-corrected chi connectivity index (χ0v) is 15.0. The SMILES string of the molecule is CC(C)(C)[C@@H]1CCC(=O)N(CC[C@H](N=[N+]=[N-])c2ccccc2)CC1. The molecule has 1 aromatic rings. The lowest BCUT2D eigenvalue weighted by atomic mass is 9.77. The van der Waals surface area contributed by atoms with Crippen LogP contribution in [-0.4, -0.2) is 23.9 Å². The van der Waals surface area contributed by atoms with E-state index in [-0.39, 0.29) is 17.4 Å². The third-order valence-electron chi connectivity index (χ3n) is 5.08. The Balaban J connectivity index is 1.99. The second-order valence-corrected chi connectivity index (χ2v) is 7.69. The zero-order valence-electron chi connectivity index (χ0n) is 15.0. The van der Waals surface area contributed by atoms with Gasteiger partial charge in [0.2, 0.25) is 5.91 Å². The van der Waals surface area contributed by atoms with Crippen LogP contribution in [0.3, 0.4) is 0 Å². The highest BCUT2D eigenvalue weighted by molar-refractivity contribution is 5.76. The summed E-state index contributed by atoms with van der Waals surface area (Å²) in [5.41, 5.74) is 10.1. The van der Waals surface area contributed by atoms with Gasteiger partial charge in [0.25, 0.3) is 0 Å². The first kappa shape index (κ1) is 18.3. The average molecular weight is 328 g/mol. The van der Waals surface area contributed by atoms with Crippen LogP contribution >= 0.6 is 0 Å². The molecule has 2 atom stereocenters. The predicted octanol–water partition coefficient (Wildman–Crippen LogP) is 5.10. The molecule has 1 saturated heterocycles. The maximum absolute atomic E-state index is 12.4. The van der Waals surface area contributed by atoms with Crippen molar-refractivity contribution in [3.05, 3.63) is 46.3 Å². The Kier molecular flexibility index (Phi) is 6.27. The van der Waals surface area contributed by atoms with Gasteiger partial charge in [0.1, 0.15) is 0 Å². The average Bonchev–Trinajstić information content (AvgIpc) is 2.74. The maximum Gasteiger partial charge on any atom is 0.222 e. The third kappa shape index (κ3) is 5.00. The van der Waals surface area contributed by atoms with Gasteiger partial charge in [-0.25, -0.2) is 0 Å². The van der Waals surface area contributed by atoms with Crippen molar-refractivity contribution >= 4 is 5.91 Å². The largest absolute Gasteiger partial charge is 0.343 e. The Morgan fingerprint density at radius 1 is 1.29 bits per heavy atom. The number of benzene rings is 1. The van der Waals surface area contributed by atoms with Crippen molar-refractivity contribution in [1.29, 1.82) is 0 Å². The lowest BCUT2D eigenvalue weighted by Gasteiger charge is -2.29. The van der Waals surface area contributed by atoms with E-state index in [4.69, 9.17) is 5.53 Å². The molecule has 1 amide bonds. The Hall–Kier alpha value is -2.00. The first-order valence-corrected chi connectivity index (χ1v) is 8.78. The van der Waals surface area contributed by atoms with Crippen molar-refractivity contribution in [3.8, 4) is 0 Å². The van der Waals surface area contributed by atoms with E-state index in [0.29, 0.717) is 25.3 Å². The van der Waals surface area contributed by atoms with Gasteiger partial charge < -0.3 is 4.90 Å². The summed E-state index contributed by atoms with van der Waals surface area (Å²) >= 11 is 0. The molecule has 1 aliphatic rings. The molecule has 0 bridgehead atoms. The second-order valence-electron chi connectivity index (χ2n) is 7.69. The predicted molar refractivity (Wildman–Crippen MR) is 96.3 cm³/mol. The molecule has 5 nitrogen and oxygen atoms in total. The maximum atomic E-state index is 12.4. The molecule has 0 radical (unpaired) electrons. The fourth-order valence-corrected chi connectivity index (χ4v) is 3.45. The summed E-state index contributed by atoms with van der Waals surface area (Å²) in [6.07, 6.45) is 3.31. The molecule has 5 heteroatoms. The Bertz CT molecular complexity index is 587. The monoisotopic (exact) mass is 328 g/mol. The summed E-state index contributed by atoms with van der Waals surface area (Å²) in [6.45, 7) is 8.22. The van der Waals surface area contributed by atoms with Crippen molar-refractivity contribution in [2.24, 2.45) is 16.4 Å². The minimum atomic E-state index is -0.217. The highest BCUT2D eigenvalue weighted by atomic mass is 16.2. The second kappa shape index (κ2) is 8.20. The first-order chi connectivity index (χ1) is 11.4. The molecule has 130 valence electrons. The number of nitrogens with zero attached hydrogens (tertiary/aromatic N) is 4. The zero-order chi connectivity index (χ0) is 17.6. The number of rotatable bonds is 5. The van der Waals surface area contributed by atoms with Gasteiger partial charge in [-0.2, -0.15) is 0 Å². The third-order valence-corrected chi connectivity index (χ3v) is 5.08. The van der Waals surface area contributed by atoms with E-state index in [1.165, 1.54) is 0 Å². The van der Waals surface area contributed by atoms with Gasteiger partial charge in [-0.05, 0) is 41.7 Å². The van der Waals surface area contributed by atoms with Crippen molar-refractivity contribution in [2.75, 3.05) is 13.1 Å². The van der Waals surface area contributed by atoms with Crippen molar-refractivity contribution < 1.29 is 4.79 Å². The molecule has 24 heavy (non-hydrogen) atoms. The Labute approximate surface area is 144 Å². The molecule has 1 fully saturated rings. The van der Waals surface area contributed by atoms with E-state index >= 15 is 0 Å². The highest BCUT2D eigenvalue weighted by Gasteiger charge is 2.30. The first-order valence-electron chi connectivity index (χ1n) is 8.78. The molecule has 1 aliphatic heterocycles. The highest BCUT2D eigenvalue weighted by Crippen LogP contribution is 2.34. The van der Waals surface area contributed by atoms with Gasteiger partial charge in [0.05, 0.1) is 6.04 Å². The molecule has 2 rings (SSSR count). The molecule has 0 unspecified atom stereocenters. The quantitative estimate of drug-likeness (QED) is 0.421. The van der Waals surface area contributed by atoms with Crippen LogP contribution in [0.1, 0.15) is 58.1 Å². The summed E-state index contributed by atoms with van der Waals surface area (Å²) in [5, 5.41) is 3.92. The summed E-state index contributed by atoms with van der Waals surface area (Å²) in [5.74, 6) is 0.808. The van der Waals surface area contributed by atoms with Crippen LogP contribution in [-0.2, 0) is 4.79 Å². The number of azide groups is 1. The number of carbonyl (C=O) groups excluding carboxylic acids is 1. The Morgan fingerprint density at radius 3 is 2.62 bits per heavy atom. The van der Waals surface area contributed by atoms with Crippen molar-refractivity contribution in [1.82, 2.24) is 4.90 Å². The topological polar surface area (TPSA) is 69.1 Å². The van der Waals surface area contributed by atoms with E-state index in [1.54, 1.807) is 0 Å². The van der Waals surface area contributed by atoms with E-state index in [1.807, 2.05) is 35.2 Å². The summed E-state index contributed by atoms with van der Waals surface area (Å²) in [4.78, 5) is 17.3. The van der Waals surface area contributed by atoms with Gasteiger partial charge in [-0.3, -0.25) is 4.79 Å². The fourth-order valence-electron chi connectivity index (χ4n) is 3.45. The van der Waals surface area contributed by atoms with Crippen LogP contribution in [0.15, 0.2) is 35.4 Å². The van der Waals surface area contributed by atoms with E-state index in [9.17, 15) is 4.79 Å². The minimum absolute atomic E-state index is 0.217. The van der Waals surface area contributed by atoms with E-state index in [0.717, 1.165) is 24.9 Å². The van der Waals surface area contributed by atoms with Crippen LogP contribution in [0.4, 0.5) is 0 Å². The van der Waals surface area contributed by atoms with Gasteiger partial charge >= 0.3 is 0 Å². The number of likely N-dealkylation sites (tertiary alicyclic amines) is 1. The summed E-state index contributed by atoms with van der Waals surface area (Å²) in [6, 6.07) is 9.56. The van der Waals surface area contributed by atoms with Gasteiger partial charge in [0, 0.05) is 24.4 Å². The lowest BCUT2D eigenvalue weighted by molar-refractivity contribution is -0.130. The standard InChI is InChI=1S/C19H28N4O/c1-19(2,3)16-9-10-18(24)23(13-11-16)14-12-17(21-22-20)15-7-5-4-6-8-15/h4-8,16-17H,9-14H2,1-3H3/t16-,17+/m1/s1. The lowest BCUT2D eigenvalue weighted by Crippen LogP contribution is -2.32. The molecule has 0 saturated carbocycles. The van der Waals surface area contributed by atoms with Gasteiger partial charge in [-0.15, -0.1) is 0 Å². The van der Waals surface area contributed by atoms with Crippen molar-refractivity contribution in [3.63, 3.8) is 0 Å². The molecule has 0 N–H and O–H groups in total. The fraction of sp³-hybridized carbons (Fsp3) is 0.632. The number of amides is 1. The molecular formula is C19H28N4O. The molecule has 0 spiro atoms. The van der Waals surface area contributed by atoms with Gasteiger partial charge in [-0.1, -0.05) is 56.2 Å². The van der Waals surface area contributed by atoms with Crippen LogP contribution in [0.25, 0.3) is 10.4 Å². The van der Waals surface area contributed by atoms with Crippen LogP contribution < -0.4 is 0 Å². The molecule has 0 aromatic heterocycles. The van der Waals surface area contributed by atoms with Gasteiger partial charge in [0.15, 0.2) is 0 Å². The van der Waals surface area contributed by atoms with E-state index in [2.05, 4.69) is 30.8 Å². The molecule has 0 aliphatic carbocycles.